The molecule has 0 radical (unpaired) electrons. The molecule has 0 bridgehead atoms. The number of nitrogens with zero attached hydrogens (tertiary/aromatic N) is 2. The van der Waals surface area contributed by atoms with E-state index in [4.69, 9.17) is 9.47 Å². The van der Waals surface area contributed by atoms with Gasteiger partial charge in [0.25, 0.3) is 0 Å². The molecule has 0 unspecified atom stereocenters. The lowest BCUT2D eigenvalue weighted by Crippen LogP contribution is -2.17. The normalized spacial score (nSPS) is 12.4. The van der Waals surface area contributed by atoms with E-state index in [0.717, 1.165) is 52.4 Å². The number of aliphatic hydroxyl groups excluding tert-OH is 1. The third-order valence-corrected chi connectivity index (χ3v) is 6.44. The van der Waals surface area contributed by atoms with Crippen molar-refractivity contribution in [3.05, 3.63) is 24.3 Å². The van der Waals surface area contributed by atoms with Gasteiger partial charge < -0.3 is 24.4 Å². The van der Waals surface area contributed by atoms with Gasteiger partial charge in [0.05, 0.1) is 32.5 Å². The highest BCUT2D eigenvalue weighted by Gasteiger charge is 2.03. The molecule has 0 heterocycles. The Balaban J connectivity index is 3.25. The van der Waals surface area contributed by atoms with E-state index in [0.29, 0.717) is 0 Å². The first-order chi connectivity index (χ1) is 17.5. The number of hydrogen-bond donors (Lipinski definition) is 1. The van der Waals surface area contributed by atoms with Crippen molar-refractivity contribution >= 4 is 0 Å². The average Bonchev–Trinajstić information content (AvgIpc) is 2.84. The van der Waals surface area contributed by atoms with E-state index in [2.05, 4.69) is 62.3 Å². The monoisotopic (exact) mass is 510 g/mol. The maximum absolute atomic E-state index is 10.2. The van der Waals surface area contributed by atoms with Crippen molar-refractivity contribution in [2.24, 2.45) is 0 Å². The minimum absolute atomic E-state index is 0.0832. The zero-order chi connectivity index (χ0) is 26.5. The summed E-state index contributed by atoms with van der Waals surface area (Å²) in [5, 5.41) is 10.2. The molecule has 214 valence electrons. The summed E-state index contributed by atoms with van der Waals surface area (Å²) in [5.41, 5.74) is 0. The fraction of sp³-hybridized carbons (Fsp3) is 0.871. The summed E-state index contributed by atoms with van der Waals surface area (Å²) in [6.07, 6.45) is 28.4. The lowest BCUT2D eigenvalue weighted by atomic mass is 10.0. The Labute approximate surface area is 225 Å². The van der Waals surface area contributed by atoms with Crippen molar-refractivity contribution in [2.45, 2.75) is 109 Å². The van der Waals surface area contributed by atoms with Gasteiger partial charge in [0.15, 0.2) is 0 Å². The van der Waals surface area contributed by atoms with Crippen LogP contribution in [0.4, 0.5) is 0 Å². The molecule has 0 aliphatic rings. The predicted molar refractivity (Wildman–Crippen MR) is 157 cm³/mol. The molecule has 0 aliphatic carbocycles. The summed E-state index contributed by atoms with van der Waals surface area (Å²) in [4.78, 5) is 4.28. The molecule has 0 aromatic heterocycles. The molecule has 0 rings (SSSR count). The van der Waals surface area contributed by atoms with Crippen molar-refractivity contribution in [3.8, 4) is 0 Å². The van der Waals surface area contributed by atoms with Gasteiger partial charge >= 0.3 is 0 Å². The minimum Gasteiger partial charge on any atom is -0.393 e. The van der Waals surface area contributed by atoms with Crippen LogP contribution in [0, 0.1) is 0 Å². The van der Waals surface area contributed by atoms with E-state index in [1.54, 1.807) is 0 Å². The molecule has 1 N–H and O–H groups in total. The highest BCUT2D eigenvalue weighted by Crippen LogP contribution is 2.15. The van der Waals surface area contributed by atoms with Crippen molar-refractivity contribution in [2.75, 3.05) is 67.7 Å². The highest BCUT2D eigenvalue weighted by atomic mass is 16.5. The van der Waals surface area contributed by atoms with Crippen LogP contribution < -0.4 is 0 Å². The van der Waals surface area contributed by atoms with Gasteiger partial charge in [0.2, 0.25) is 0 Å². The zero-order valence-corrected chi connectivity index (χ0v) is 24.6. The molecule has 0 saturated carbocycles. The third-order valence-electron chi connectivity index (χ3n) is 6.44. The number of allylic oxidation sites excluding steroid dienone is 2. The molecule has 0 spiro atoms. The van der Waals surface area contributed by atoms with Crippen LogP contribution in [-0.4, -0.2) is 88.7 Å². The van der Waals surface area contributed by atoms with Gasteiger partial charge in [-0.3, -0.25) is 0 Å². The Hall–Kier alpha value is -0.720. The van der Waals surface area contributed by atoms with Crippen LogP contribution >= 0.6 is 0 Å². The second-order valence-electron chi connectivity index (χ2n) is 10.8. The number of rotatable bonds is 28. The Morgan fingerprint density at radius 3 is 1.28 bits per heavy atom. The van der Waals surface area contributed by atoms with Crippen LogP contribution in [0.1, 0.15) is 103 Å². The second kappa shape index (κ2) is 28.8. The smallest absolute Gasteiger partial charge is 0.0648 e. The second-order valence-corrected chi connectivity index (χ2v) is 10.8. The summed E-state index contributed by atoms with van der Waals surface area (Å²) in [7, 11) is 8.27. The Morgan fingerprint density at radius 1 is 0.528 bits per heavy atom. The lowest BCUT2D eigenvalue weighted by Gasteiger charge is -2.10. The first kappa shape index (κ1) is 35.3. The predicted octanol–water partition coefficient (Wildman–Crippen LogP) is 6.86. The summed E-state index contributed by atoms with van der Waals surface area (Å²) in [6.45, 7) is 5.06. The molecule has 0 aliphatic heterocycles. The van der Waals surface area contributed by atoms with Crippen molar-refractivity contribution in [3.63, 3.8) is 0 Å². The molecule has 0 fully saturated rings. The molecular weight excluding hydrogens is 448 g/mol. The molecular formula is C31H62N2O3. The van der Waals surface area contributed by atoms with Gasteiger partial charge in [0, 0.05) is 13.1 Å². The number of ether oxygens (including phenoxy) is 2. The van der Waals surface area contributed by atoms with Gasteiger partial charge in [0.1, 0.15) is 0 Å². The van der Waals surface area contributed by atoms with Crippen LogP contribution in [0.25, 0.3) is 0 Å². The lowest BCUT2D eigenvalue weighted by molar-refractivity contribution is 0.141. The SMILES string of the molecule is CN(C)CCOC/C=C\CCCCCCCCC(O)CCCCCCCC/C=C\COCCN(C)C. The first-order valence-electron chi connectivity index (χ1n) is 15.0. The van der Waals surface area contributed by atoms with E-state index in [1.807, 2.05) is 0 Å². The quantitative estimate of drug-likeness (QED) is 0.0920. The summed E-state index contributed by atoms with van der Waals surface area (Å²) in [5.74, 6) is 0. The Kier molecular flexibility index (Phi) is 28.3. The van der Waals surface area contributed by atoms with E-state index in [1.165, 1.54) is 89.9 Å². The van der Waals surface area contributed by atoms with Crippen LogP contribution in [0.15, 0.2) is 24.3 Å². The minimum atomic E-state index is -0.0832. The molecule has 5 nitrogen and oxygen atoms in total. The molecule has 36 heavy (non-hydrogen) atoms. The zero-order valence-electron chi connectivity index (χ0n) is 24.6. The van der Waals surface area contributed by atoms with Crippen LogP contribution in [-0.2, 0) is 9.47 Å². The number of unbranched alkanes of at least 4 members (excludes halogenated alkanes) is 12. The summed E-state index contributed by atoms with van der Waals surface area (Å²) in [6, 6.07) is 0. The highest BCUT2D eigenvalue weighted by molar-refractivity contribution is 4.81. The molecule has 0 aromatic rings. The van der Waals surface area contributed by atoms with Crippen molar-refractivity contribution in [1.29, 1.82) is 0 Å². The first-order valence-corrected chi connectivity index (χ1v) is 15.0. The van der Waals surface area contributed by atoms with E-state index < -0.39 is 0 Å². The van der Waals surface area contributed by atoms with Gasteiger partial charge in [-0.1, -0.05) is 88.5 Å². The number of aliphatic hydroxyl groups is 1. The average molecular weight is 511 g/mol. The Morgan fingerprint density at radius 2 is 0.889 bits per heavy atom. The topological polar surface area (TPSA) is 45.2 Å². The van der Waals surface area contributed by atoms with Crippen molar-refractivity contribution < 1.29 is 14.6 Å². The van der Waals surface area contributed by atoms with E-state index in [-0.39, 0.29) is 6.10 Å². The maximum atomic E-state index is 10.2. The van der Waals surface area contributed by atoms with Gasteiger partial charge in [-0.25, -0.2) is 0 Å². The molecule has 0 amide bonds. The summed E-state index contributed by atoms with van der Waals surface area (Å²) < 4.78 is 11.1. The molecule has 5 heteroatoms. The fourth-order valence-corrected chi connectivity index (χ4v) is 4.01. The third kappa shape index (κ3) is 31.3. The standard InChI is InChI=1S/C31H62N2O3/c1-32(2)25-29-35-27-21-17-13-9-5-7-11-15-19-23-31(34)24-20-16-12-8-6-10-14-18-22-28-36-30-26-33(3)4/h17-18,21-22,31,34H,5-16,19-20,23-30H2,1-4H3/b21-17-,22-18-. The molecule has 0 atom stereocenters. The molecule has 0 saturated heterocycles. The Bertz CT molecular complexity index is 438. The largest absolute Gasteiger partial charge is 0.393 e. The van der Waals surface area contributed by atoms with Crippen LogP contribution in [0.5, 0.6) is 0 Å². The van der Waals surface area contributed by atoms with Crippen LogP contribution in [0.2, 0.25) is 0 Å². The van der Waals surface area contributed by atoms with E-state index >= 15 is 0 Å². The van der Waals surface area contributed by atoms with Crippen LogP contribution in [0.3, 0.4) is 0 Å². The van der Waals surface area contributed by atoms with E-state index in [9.17, 15) is 5.11 Å². The summed E-state index contributed by atoms with van der Waals surface area (Å²) >= 11 is 0. The van der Waals surface area contributed by atoms with Crippen molar-refractivity contribution in [1.82, 2.24) is 9.80 Å². The number of hydrogen-bond acceptors (Lipinski definition) is 5. The van der Waals surface area contributed by atoms with Gasteiger partial charge in [-0.2, -0.15) is 0 Å². The maximum Gasteiger partial charge on any atom is 0.0648 e. The fourth-order valence-electron chi connectivity index (χ4n) is 4.01. The molecule has 0 aromatic carbocycles. The van der Waals surface area contributed by atoms with Gasteiger partial charge in [-0.05, 0) is 66.7 Å². The van der Waals surface area contributed by atoms with Gasteiger partial charge in [-0.15, -0.1) is 0 Å². The number of likely N-dealkylation sites (N-methyl/N-ethyl adjacent to an activating group) is 2.